The van der Waals surface area contributed by atoms with E-state index in [1.807, 2.05) is 36.9 Å². The van der Waals surface area contributed by atoms with E-state index >= 15 is 0 Å². The summed E-state index contributed by atoms with van der Waals surface area (Å²) in [7, 11) is 1.73. The van der Waals surface area contributed by atoms with E-state index in [-0.39, 0.29) is 11.9 Å². The maximum Gasteiger partial charge on any atom is 0.253 e. The number of methoxy groups -OCH3 is 1. The molecule has 2 aromatic carbocycles. The number of hydrogen-bond donors (Lipinski definition) is 1. The maximum atomic E-state index is 12.8. The van der Waals surface area contributed by atoms with Crippen LogP contribution in [0.1, 0.15) is 67.1 Å². The third kappa shape index (κ3) is 3.61. The fourth-order valence-electron chi connectivity index (χ4n) is 6.34. The first-order valence-electron chi connectivity index (χ1n) is 12.2. The zero-order valence-electron chi connectivity index (χ0n) is 19.5. The molecule has 5 rings (SSSR count). The first kappa shape index (κ1) is 21.5. The Morgan fingerprint density at radius 3 is 2.25 bits per heavy atom. The number of benzene rings is 2. The third-order valence-corrected chi connectivity index (χ3v) is 7.90. The second-order valence-corrected chi connectivity index (χ2v) is 9.39. The van der Waals surface area contributed by atoms with Gasteiger partial charge in [0, 0.05) is 42.8 Å². The fourth-order valence-corrected chi connectivity index (χ4v) is 6.34. The molecular weight excluding hydrogens is 398 g/mol. The monoisotopic (exact) mass is 433 g/mol. The van der Waals surface area contributed by atoms with Gasteiger partial charge in [-0.3, -0.25) is 9.69 Å². The summed E-state index contributed by atoms with van der Waals surface area (Å²) >= 11 is 0. The number of piperazine rings is 1. The smallest absolute Gasteiger partial charge is 0.253 e. The van der Waals surface area contributed by atoms with Gasteiger partial charge in [-0.25, -0.2) is 0 Å². The van der Waals surface area contributed by atoms with Gasteiger partial charge in [0.15, 0.2) is 0 Å². The Hall–Kier alpha value is -2.37. The van der Waals surface area contributed by atoms with Crippen LogP contribution in [0.15, 0.2) is 48.5 Å². The average molecular weight is 434 g/mol. The molecule has 3 heterocycles. The number of amides is 1. The predicted octanol–water partition coefficient (Wildman–Crippen LogP) is 4.23. The molecule has 3 saturated heterocycles. The predicted molar refractivity (Wildman–Crippen MR) is 127 cm³/mol. The molecule has 0 saturated carbocycles. The lowest BCUT2D eigenvalue weighted by Gasteiger charge is -2.45. The van der Waals surface area contributed by atoms with Gasteiger partial charge in [0.25, 0.3) is 5.91 Å². The molecule has 3 aliphatic heterocycles. The molecule has 0 radical (unpaired) electrons. The van der Waals surface area contributed by atoms with Crippen LogP contribution in [0.4, 0.5) is 0 Å². The lowest BCUT2D eigenvalue weighted by Crippen LogP contribution is -2.59. The minimum atomic E-state index is 0.111. The van der Waals surface area contributed by atoms with Gasteiger partial charge in [-0.05, 0) is 74.9 Å². The Kier molecular flexibility index (Phi) is 5.95. The van der Waals surface area contributed by atoms with Gasteiger partial charge >= 0.3 is 0 Å². The quantitative estimate of drug-likeness (QED) is 0.710. The van der Waals surface area contributed by atoms with Gasteiger partial charge in [0.2, 0.25) is 0 Å². The molecule has 3 aliphatic rings. The van der Waals surface area contributed by atoms with Crippen LogP contribution in [-0.4, -0.2) is 60.1 Å². The van der Waals surface area contributed by atoms with Crippen LogP contribution < -0.4 is 10.1 Å². The molecule has 170 valence electrons. The van der Waals surface area contributed by atoms with E-state index in [0.29, 0.717) is 24.2 Å². The lowest BCUT2D eigenvalue weighted by atomic mass is 9.92. The van der Waals surface area contributed by atoms with E-state index in [1.165, 1.54) is 36.8 Å². The largest absolute Gasteiger partial charge is 0.497 e. The second-order valence-electron chi connectivity index (χ2n) is 9.39. The summed E-state index contributed by atoms with van der Waals surface area (Å²) in [5, 5.41) is 3.90. The van der Waals surface area contributed by atoms with Crippen LogP contribution in [0.25, 0.3) is 0 Å². The molecule has 1 amide bonds. The standard InChI is InChI=1S/C27H35N3O2/c1-4-29(5-2)27(31)19-11-9-18(10-12-19)26(20-7-6-8-21(17-20)32-3)30-24-15-16-25(30)23-14-13-22(24)28-23/h6-12,17,22-26,28H,4-5,13-16H2,1-3H3/t22-,23?,24?,25?,26?/m1/s1. The molecule has 3 fully saturated rings. The number of nitrogens with zero attached hydrogens (tertiary/aromatic N) is 2. The summed E-state index contributed by atoms with van der Waals surface area (Å²) in [6.07, 6.45) is 5.09. The van der Waals surface area contributed by atoms with Crippen LogP contribution in [0.5, 0.6) is 5.75 Å². The fraction of sp³-hybridized carbons (Fsp3) is 0.519. The number of ether oxygens (including phenoxy) is 1. The van der Waals surface area contributed by atoms with Crippen LogP contribution in [0.3, 0.4) is 0 Å². The number of carbonyl (C=O) groups excluding carboxylic acids is 1. The Bertz CT molecular complexity index is 938. The molecule has 4 unspecified atom stereocenters. The highest BCUT2D eigenvalue weighted by molar-refractivity contribution is 5.94. The Morgan fingerprint density at radius 1 is 1.00 bits per heavy atom. The Balaban J connectivity index is 1.53. The lowest BCUT2D eigenvalue weighted by molar-refractivity contribution is 0.0771. The summed E-state index contributed by atoms with van der Waals surface area (Å²) in [5.74, 6) is 1.01. The zero-order chi connectivity index (χ0) is 22.2. The Labute approximate surface area is 191 Å². The normalized spacial score (nSPS) is 27.3. The van der Waals surface area contributed by atoms with Crippen molar-refractivity contribution < 1.29 is 9.53 Å². The van der Waals surface area contributed by atoms with Gasteiger partial charge in [-0.2, -0.15) is 0 Å². The molecule has 32 heavy (non-hydrogen) atoms. The van der Waals surface area contributed by atoms with Crippen molar-refractivity contribution >= 4 is 5.91 Å². The van der Waals surface area contributed by atoms with E-state index < -0.39 is 0 Å². The number of rotatable bonds is 7. The van der Waals surface area contributed by atoms with E-state index in [9.17, 15) is 4.79 Å². The van der Waals surface area contributed by atoms with Gasteiger partial charge in [0.1, 0.15) is 5.75 Å². The van der Waals surface area contributed by atoms with Crippen molar-refractivity contribution in [3.63, 3.8) is 0 Å². The SMILES string of the molecule is CCN(CC)C(=O)c1ccc(C(c2cccc(OC)c2)N2C3CCC2[C@H]2CCC3N2)cc1. The van der Waals surface area contributed by atoms with Crippen LogP contribution in [0, 0.1) is 0 Å². The average Bonchev–Trinajstić information content (AvgIpc) is 3.40. The van der Waals surface area contributed by atoms with Crippen LogP contribution >= 0.6 is 0 Å². The summed E-state index contributed by atoms with van der Waals surface area (Å²) in [5.41, 5.74) is 3.29. The summed E-state index contributed by atoms with van der Waals surface area (Å²) < 4.78 is 5.57. The second kappa shape index (κ2) is 8.87. The zero-order valence-corrected chi connectivity index (χ0v) is 19.5. The van der Waals surface area contributed by atoms with Crippen LogP contribution in [0.2, 0.25) is 0 Å². The number of fused-ring (bicyclic) bond motifs is 6. The van der Waals surface area contributed by atoms with Crippen molar-refractivity contribution in [2.45, 2.75) is 69.7 Å². The van der Waals surface area contributed by atoms with Crippen molar-refractivity contribution in [2.24, 2.45) is 0 Å². The van der Waals surface area contributed by atoms with E-state index in [0.717, 1.165) is 24.4 Å². The summed E-state index contributed by atoms with van der Waals surface area (Å²) in [6, 6.07) is 19.4. The topological polar surface area (TPSA) is 44.8 Å². The van der Waals surface area contributed by atoms with E-state index in [4.69, 9.17) is 4.74 Å². The molecular formula is C27H35N3O2. The minimum absolute atomic E-state index is 0.111. The van der Waals surface area contributed by atoms with Gasteiger partial charge in [-0.15, -0.1) is 0 Å². The molecule has 0 aliphatic carbocycles. The van der Waals surface area contributed by atoms with Crippen molar-refractivity contribution in [1.82, 2.24) is 15.1 Å². The maximum absolute atomic E-state index is 12.8. The minimum Gasteiger partial charge on any atom is -0.497 e. The van der Waals surface area contributed by atoms with Crippen molar-refractivity contribution in [2.75, 3.05) is 20.2 Å². The van der Waals surface area contributed by atoms with Gasteiger partial charge in [0.05, 0.1) is 13.2 Å². The molecule has 0 aromatic heterocycles. The molecule has 5 nitrogen and oxygen atoms in total. The number of carbonyl (C=O) groups is 1. The van der Waals surface area contributed by atoms with Gasteiger partial charge in [-0.1, -0.05) is 24.3 Å². The van der Waals surface area contributed by atoms with E-state index in [1.54, 1.807) is 7.11 Å². The number of nitrogens with one attached hydrogen (secondary N) is 1. The summed E-state index contributed by atoms with van der Waals surface area (Å²) in [4.78, 5) is 17.5. The molecule has 2 aromatic rings. The van der Waals surface area contributed by atoms with Gasteiger partial charge < -0.3 is 15.0 Å². The highest BCUT2D eigenvalue weighted by atomic mass is 16.5. The molecule has 0 spiro atoms. The molecule has 4 bridgehead atoms. The molecule has 1 N–H and O–H groups in total. The van der Waals surface area contributed by atoms with Crippen molar-refractivity contribution in [1.29, 1.82) is 0 Å². The number of hydrogen-bond acceptors (Lipinski definition) is 4. The van der Waals surface area contributed by atoms with E-state index in [2.05, 4.69) is 40.5 Å². The highest BCUT2D eigenvalue weighted by Crippen LogP contribution is 2.47. The molecule has 5 atom stereocenters. The first-order chi connectivity index (χ1) is 15.6. The van der Waals surface area contributed by atoms with Crippen molar-refractivity contribution in [3.05, 3.63) is 65.2 Å². The summed E-state index contributed by atoms with van der Waals surface area (Å²) in [6.45, 7) is 5.53. The Morgan fingerprint density at radius 2 is 1.66 bits per heavy atom. The first-order valence-corrected chi connectivity index (χ1v) is 12.2. The highest BCUT2D eigenvalue weighted by Gasteiger charge is 2.52. The third-order valence-electron chi connectivity index (χ3n) is 7.90. The van der Waals surface area contributed by atoms with Crippen molar-refractivity contribution in [3.8, 4) is 5.75 Å². The van der Waals surface area contributed by atoms with Crippen LogP contribution in [-0.2, 0) is 0 Å². The molecule has 5 heteroatoms.